The van der Waals surface area contributed by atoms with Gasteiger partial charge in [-0.1, -0.05) is 18.5 Å². The molecule has 0 bridgehead atoms. The van der Waals surface area contributed by atoms with E-state index in [1.54, 1.807) is 0 Å². The van der Waals surface area contributed by atoms with Crippen molar-refractivity contribution in [1.82, 2.24) is 4.98 Å². The number of aliphatic hydroxyl groups excluding tert-OH is 1. The molecule has 94 valence electrons. The average molecular weight is 258 g/mol. The van der Waals surface area contributed by atoms with Gasteiger partial charge in [0, 0.05) is 18.8 Å². The number of carbonyl (C=O) groups excluding carboxylic acids is 1. The summed E-state index contributed by atoms with van der Waals surface area (Å²) in [5.41, 5.74) is 5.39. The molecule has 0 fully saturated rings. The van der Waals surface area contributed by atoms with Crippen molar-refractivity contribution in [3.8, 4) is 0 Å². The fourth-order valence-corrected chi connectivity index (χ4v) is 1.63. The quantitative estimate of drug-likeness (QED) is 0.719. The van der Waals surface area contributed by atoms with Crippen molar-refractivity contribution in [1.29, 1.82) is 0 Å². The van der Waals surface area contributed by atoms with Crippen molar-refractivity contribution in [3.05, 3.63) is 22.8 Å². The van der Waals surface area contributed by atoms with E-state index >= 15 is 0 Å². The monoisotopic (exact) mass is 257 g/mol. The Kier molecular flexibility index (Phi) is 5.18. The van der Waals surface area contributed by atoms with Crippen LogP contribution in [0.15, 0.2) is 12.3 Å². The Morgan fingerprint density at radius 3 is 2.88 bits per heavy atom. The average Bonchev–Trinajstić information content (AvgIpc) is 2.30. The molecule has 1 aromatic heterocycles. The van der Waals surface area contributed by atoms with Crippen molar-refractivity contribution >= 4 is 23.3 Å². The van der Waals surface area contributed by atoms with Crippen molar-refractivity contribution in [2.75, 3.05) is 11.9 Å². The summed E-state index contributed by atoms with van der Waals surface area (Å²) in [6, 6.07) is 1.58. The zero-order valence-corrected chi connectivity index (χ0v) is 10.4. The van der Waals surface area contributed by atoms with Gasteiger partial charge in [0.15, 0.2) is 0 Å². The molecule has 1 amide bonds. The molecule has 4 N–H and O–H groups in total. The van der Waals surface area contributed by atoms with Crippen LogP contribution >= 0.6 is 11.6 Å². The molecule has 1 atom stereocenters. The first kappa shape index (κ1) is 13.7. The molecule has 0 saturated carbocycles. The molecule has 0 aliphatic heterocycles. The third-order valence-corrected chi connectivity index (χ3v) is 2.73. The molecule has 0 aliphatic rings. The predicted molar refractivity (Wildman–Crippen MR) is 67.2 cm³/mol. The Balaban J connectivity index is 2.81. The third-order valence-electron chi connectivity index (χ3n) is 2.44. The van der Waals surface area contributed by atoms with Crippen LogP contribution < -0.4 is 11.1 Å². The van der Waals surface area contributed by atoms with E-state index < -0.39 is 5.91 Å². The highest BCUT2D eigenvalue weighted by Gasteiger charge is 2.11. The van der Waals surface area contributed by atoms with Crippen molar-refractivity contribution in [2.24, 2.45) is 5.73 Å². The summed E-state index contributed by atoms with van der Waals surface area (Å²) in [6.07, 6.45) is 2.84. The smallest absolute Gasteiger partial charge is 0.250 e. The number of amides is 1. The van der Waals surface area contributed by atoms with Crippen LogP contribution in [0.5, 0.6) is 0 Å². The molecule has 5 nitrogen and oxygen atoms in total. The number of primary amides is 1. The van der Waals surface area contributed by atoms with Crippen LogP contribution in [0.1, 0.15) is 30.1 Å². The van der Waals surface area contributed by atoms with Crippen LogP contribution in [0.3, 0.4) is 0 Å². The number of halogens is 1. The number of rotatable bonds is 6. The summed E-state index contributed by atoms with van der Waals surface area (Å²) in [4.78, 5) is 15.0. The van der Waals surface area contributed by atoms with E-state index in [1.165, 1.54) is 12.3 Å². The summed E-state index contributed by atoms with van der Waals surface area (Å²) < 4.78 is 0. The fourth-order valence-electron chi connectivity index (χ4n) is 1.41. The molecule has 0 aromatic carbocycles. The molecule has 1 aromatic rings. The van der Waals surface area contributed by atoms with Gasteiger partial charge in [-0.2, -0.15) is 0 Å². The van der Waals surface area contributed by atoms with Crippen molar-refractivity contribution in [3.63, 3.8) is 0 Å². The fraction of sp³-hybridized carbons (Fsp3) is 0.455. The number of nitrogens with two attached hydrogens (primary N) is 1. The minimum Gasteiger partial charge on any atom is -0.396 e. The van der Waals surface area contributed by atoms with Crippen LogP contribution in [0.4, 0.5) is 5.82 Å². The largest absolute Gasteiger partial charge is 0.396 e. The summed E-state index contributed by atoms with van der Waals surface area (Å²) in [5.74, 6) is -0.0645. The second-order valence-electron chi connectivity index (χ2n) is 3.68. The Bertz CT molecular complexity index is 398. The standard InChI is InChI=1S/C11H16ClN3O2/c1-2-8(3-4-16)15-11-9(12)5-7(6-14-11)10(13)17/h5-6,8,16H,2-4H2,1H3,(H2,13,17)(H,14,15). The van der Waals surface area contributed by atoms with Gasteiger partial charge >= 0.3 is 0 Å². The number of aliphatic hydroxyl groups is 1. The van der Waals surface area contributed by atoms with Crippen molar-refractivity contribution in [2.45, 2.75) is 25.8 Å². The Morgan fingerprint density at radius 1 is 1.71 bits per heavy atom. The van der Waals surface area contributed by atoms with E-state index in [0.29, 0.717) is 17.3 Å². The number of hydrogen-bond donors (Lipinski definition) is 3. The van der Waals surface area contributed by atoms with Crippen LogP contribution in [0.2, 0.25) is 5.02 Å². The lowest BCUT2D eigenvalue weighted by molar-refractivity contribution is 0.1000. The van der Waals surface area contributed by atoms with Crippen LogP contribution in [-0.4, -0.2) is 28.6 Å². The molecule has 6 heteroatoms. The molecule has 1 heterocycles. The van der Waals surface area contributed by atoms with Crippen LogP contribution in [0.25, 0.3) is 0 Å². The minimum atomic E-state index is -0.562. The van der Waals surface area contributed by atoms with Gasteiger partial charge in [-0.05, 0) is 18.9 Å². The number of anilines is 1. The first-order valence-corrected chi connectivity index (χ1v) is 5.79. The maximum absolute atomic E-state index is 10.9. The van der Waals surface area contributed by atoms with Gasteiger partial charge in [0.1, 0.15) is 5.82 Å². The zero-order valence-electron chi connectivity index (χ0n) is 9.61. The van der Waals surface area contributed by atoms with Crippen LogP contribution in [0, 0.1) is 0 Å². The number of nitrogens with one attached hydrogen (secondary N) is 1. The van der Waals surface area contributed by atoms with E-state index in [0.717, 1.165) is 6.42 Å². The first-order chi connectivity index (χ1) is 8.08. The lowest BCUT2D eigenvalue weighted by atomic mass is 10.1. The molecule has 1 unspecified atom stereocenters. The van der Waals surface area contributed by atoms with Gasteiger partial charge in [0.2, 0.25) is 5.91 Å². The number of hydrogen-bond acceptors (Lipinski definition) is 4. The normalized spacial score (nSPS) is 12.2. The molecular weight excluding hydrogens is 242 g/mol. The zero-order chi connectivity index (χ0) is 12.8. The number of pyridine rings is 1. The second-order valence-corrected chi connectivity index (χ2v) is 4.09. The molecule has 0 radical (unpaired) electrons. The third kappa shape index (κ3) is 3.87. The lowest BCUT2D eigenvalue weighted by Crippen LogP contribution is -2.21. The van der Waals surface area contributed by atoms with E-state index in [2.05, 4.69) is 10.3 Å². The molecule has 0 aliphatic carbocycles. The van der Waals surface area contributed by atoms with Gasteiger partial charge < -0.3 is 16.2 Å². The Morgan fingerprint density at radius 2 is 2.41 bits per heavy atom. The van der Waals surface area contributed by atoms with E-state index in [9.17, 15) is 4.79 Å². The topological polar surface area (TPSA) is 88.2 Å². The number of carbonyl (C=O) groups is 1. The van der Waals surface area contributed by atoms with Gasteiger partial charge in [0.25, 0.3) is 0 Å². The maximum atomic E-state index is 10.9. The predicted octanol–water partition coefficient (Wildman–Crippen LogP) is 1.41. The first-order valence-electron chi connectivity index (χ1n) is 5.41. The number of nitrogens with zero attached hydrogens (tertiary/aromatic N) is 1. The molecule has 0 spiro atoms. The van der Waals surface area contributed by atoms with Gasteiger partial charge in [-0.15, -0.1) is 0 Å². The van der Waals surface area contributed by atoms with Crippen LogP contribution in [-0.2, 0) is 0 Å². The molecular formula is C11H16ClN3O2. The molecule has 0 saturated heterocycles. The Hall–Kier alpha value is -1.33. The maximum Gasteiger partial charge on any atom is 0.250 e. The Labute approximate surface area is 105 Å². The second kappa shape index (κ2) is 6.42. The summed E-state index contributed by atoms with van der Waals surface area (Å²) in [7, 11) is 0. The van der Waals surface area contributed by atoms with Gasteiger partial charge in [-0.3, -0.25) is 4.79 Å². The summed E-state index contributed by atoms with van der Waals surface area (Å²) in [5, 5.41) is 12.3. The van der Waals surface area contributed by atoms with Gasteiger partial charge in [-0.25, -0.2) is 4.98 Å². The minimum absolute atomic E-state index is 0.0997. The van der Waals surface area contributed by atoms with Gasteiger partial charge in [0.05, 0.1) is 10.6 Å². The summed E-state index contributed by atoms with van der Waals surface area (Å²) in [6.45, 7) is 2.10. The molecule has 1 rings (SSSR count). The highest BCUT2D eigenvalue weighted by atomic mass is 35.5. The summed E-state index contributed by atoms with van der Waals surface area (Å²) >= 11 is 5.98. The highest BCUT2D eigenvalue weighted by molar-refractivity contribution is 6.33. The SMILES string of the molecule is CCC(CCO)Nc1ncc(C(N)=O)cc1Cl. The lowest BCUT2D eigenvalue weighted by Gasteiger charge is -2.17. The van der Waals surface area contributed by atoms with Crippen molar-refractivity contribution < 1.29 is 9.90 Å². The number of aromatic nitrogens is 1. The van der Waals surface area contributed by atoms with E-state index in [-0.39, 0.29) is 18.2 Å². The van der Waals surface area contributed by atoms with E-state index in [4.69, 9.17) is 22.4 Å². The highest BCUT2D eigenvalue weighted by Crippen LogP contribution is 2.21. The van der Waals surface area contributed by atoms with E-state index in [1.807, 2.05) is 6.92 Å². The molecule has 17 heavy (non-hydrogen) atoms.